The SMILES string of the molecule is CCO[C@H](CCO)[C@H](OC(=O)Nc1ccc(C(C)=O)cc1)c1cccc(OCCO)c1. The van der Waals surface area contributed by atoms with Crippen molar-refractivity contribution < 1.29 is 34.0 Å². The van der Waals surface area contributed by atoms with Gasteiger partial charge in [0.05, 0.1) is 6.61 Å². The second-order valence-electron chi connectivity index (χ2n) is 6.74. The minimum absolute atomic E-state index is 0.0685. The Morgan fingerprint density at radius 2 is 1.81 bits per heavy atom. The summed E-state index contributed by atoms with van der Waals surface area (Å²) < 4.78 is 16.9. The van der Waals surface area contributed by atoms with E-state index in [0.29, 0.717) is 29.2 Å². The summed E-state index contributed by atoms with van der Waals surface area (Å²) in [5.74, 6) is 0.445. The first kappa shape index (κ1) is 24.3. The molecule has 0 bridgehead atoms. The van der Waals surface area contributed by atoms with Crippen molar-refractivity contribution >= 4 is 17.6 Å². The Hall–Kier alpha value is -2.94. The fourth-order valence-corrected chi connectivity index (χ4v) is 3.02. The van der Waals surface area contributed by atoms with E-state index >= 15 is 0 Å². The topological polar surface area (TPSA) is 114 Å². The number of ether oxygens (including phenoxy) is 3. The minimum atomic E-state index is -0.804. The van der Waals surface area contributed by atoms with E-state index in [2.05, 4.69) is 5.32 Å². The number of carbonyl (C=O) groups is 2. The largest absolute Gasteiger partial charge is 0.491 e. The van der Waals surface area contributed by atoms with Crippen molar-refractivity contribution in [1.82, 2.24) is 0 Å². The van der Waals surface area contributed by atoms with E-state index < -0.39 is 18.3 Å². The van der Waals surface area contributed by atoms with E-state index in [9.17, 15) is 14.7 Å². The Kier molecular flexibility index (Phi) is 9.96. The molecule has 0 fully saturated rings. The molecule has 0 saturated carbocycles. The zero-order chi connectivity index (χ0) is 22.6. The molecule has 2 aromatic carbocycles. The molecule has 0 aliphatic heterocycles. The summed E-state index contributed by atoms with van der Waals surface area (Å²) in [6.07, 6.45) is -1.82. The van der Waals surface area contributed by atoms with Gasteiger partial charge >= 0.3 is 6.09 Å². The lowest BCUT2D eigenvalue weighted by Gasteiger charge is -2.27. The van der Waals surface area contributed by atoms with Crippen molar-refractivity contribution in [3.8, 4) is 5.75 Å². The molecule has 8 nitrogen and oxygen atoms in total. The highest BCUT2D eigenvalue weighted by Gasteiger charge is 2.28. The lowest BCUT2D eigenvalue weighted by molar-refractivity contribution is -0.0484. The molecule has 0 aromatic heterocycles. The maximum Gasteiger partial charge on any atom is 0.412 e. The molecule has 8 heteroatoms. The number of aliphatic hydroxyl groups excluding tert-OH is 2. The summed E-state index contributed by atoms with van der Waals surface area (Å²) in [4.78, 5) is 24.0. The Bertz CT molecular complexity index is 832. The van der Waals surface area contributed by atoms with E-state index in [1.54, 1.807) is 48.5 Å². The summed E-state index contributed by atoms with van der Waals surface area (Å²) in [5.41, 5.74) is 1.64. The second kappa shape index (κ2) is 12.7. The van der Waals surface area contributed by atoms with E-state index in [0.717, 1.165) is 0 Å². The van der Waals surface area contributed by atoms with Crippen LogP contribution in [0.4, 0.5) is 10.5 Å². The van der Waals surface area contributed by atoms with Crippen molar-refractivity contribution in [2.75, 3.05) is 31.7 Å². The van der Waals surface area contributed by atoms with Gasteiger partial charge in [0.2, 0.25) is 0 Å². The molecule has 168 valence electrons. The number of carbonyl (C=O) groups excluding carboxylic acids is 2. The summed E-state index contributed by atoms with van der Waals surface area (Å²) in [6.45, 7) is 3.53. The number of aliphatic hydroxyl groups is 2. The van der Waals surface area contributed by atoms with Crippen LogP contribution in [0.2, 0.25) is 0 Å². The molecule has 2 aromatic rings. The minimum Gasteiger partial charge on any atom is -0.491 e. The van der Waals surface area contributed by atoms with Gasteiger partial charge in [-0.15, -0.1) is 0 Å². The summed E-state index contributed by atoms with van der Waals surface area (Å²) in [5, 5.41) is 21.1. The highest BCUT2D eigenvalue weighted by Crippen LogP contribution is 2.29. The van der Waals surface area contributed by atoms with Crippen LogP contribution in [0, 0.1) is 0 Å². The molecule has 2 rings (SSSR count). The van der Waals surface area contributed by atoms with Gasteiger partial charge in [-0.05, 0) is 55.8 Å². The number of Topliss-reactive ketones (excluding diaryl/α,β-unsaturated/α-hetero) is 1. The predicted octanol–water partition coefficient (Wildman–Crippen LogP) is 3.34. The number of rotatable bonds is 12. The van der Waals surface area contributed by atoms with Gasteiger partial charge in [0.15, 0.2) is 11.9 Å². The molecule has 0 aliphatic rings. The highest BCUT2D eigenvalue weighted by molar-refractivity contribution is 5.95. The maximum atomic E-state index is 12.6. The van der Waals surface area contributed by atoms with Gasteiger partial charge in [-0.2, -0.15) is 0 Å². The van der Waals surface area contributed by atoms with Crippen LogP contribution in [0.15, 0.2) is 48.5 Å². The average molecular weight is 431 g/mol. The van der Waals surface area contributed by atoms with Gasteiger partial charge in [-0.1, -0.05) is 12.1 Å². The number of hydrogen-bond donors (Lipinski definition) is 3. The van der Waals surface area contributed by atoms with E-state index in [1.807, 2.05) is 6.92 Å². The Morgan fingerprint density at radius 3 is 2.42 bits per heavy atom. The van der Waals surface area contributed by atoms with Crippen LogP contribution in [0.1, 0.15) is 42.3 Å². The van der Waals surface area contributed by atoms with Gasteiger partial charge in [0, 0.05) is 30.9 Å². The third-order valence-corrected chi connectivity index (χ3v) is 4.45. The molecule has 3 N–H and O–H groups in total. The monoisotopic (exact) mass is 431 g/mol. The number of hydrogen-bond acceptors (Lipinski definition) is 7. The number of benzene rings is 2. The van der Waals surface area contributed by atoms with Gasteiger partial charge in [0.25, 0.3) is 0 Å². The van der Waals surface area contributed by atoms with E-state index in [4.69, 9.17) is 19.3 Å². The number of amides is 1. The van der Waals surface area contributed by atoms with Crippen molar-refractivity contribution in [2.24, 2.45) is 0 Å². The Balaban J connectivity index is 2.21. The molecule has 0 heterocycles. The quantitative estimate of drug-likeness (QED) is 0.442. The molecule has 0 saturated heterocycles. The molecule has 0 radical (unpaired) electrons. The summed E-state index contributed by atoms with van der Waals surface area (Å²) in [7, 11) is 0. The van der Waals surface area contributed by atoms with Crippen LogP contribution in [0.25, 0.3) is 0 Å². The molecule has 1 amide bonds. The normalized spacial score (nSPS) is 12.6. The maximum absolute atomic E-state index is 12.6. The van der Waals surface area contributed by atoms with Crippen LogP contribution in [0.3, 0.4) is 0 Å². The Morgan fingerprint density at radius 1 is 1.06 bits per heavy atom. The zero-order valence-electron chi connectivity index (χ0n) is 17.7. The van der Waals surface area contributed by atoms with Crippen molar-refractivity contribution in [3.05, 3.63) is 59.7 Å². The van der Waals surface area contributed by atoms with Crippen LogP contribution >= 0.6 is 0 Å². The van der Waals surface area contributed by atoms with Gasteiger partial charge in [-0.25, -0.2) is 4.79 Å². The van der Waals surface area contributed by atoms with Crippen LogP contribution in [0.5, 0.6) is 5.75 Å². The lowest BCUT2D eigenvalue weighted by atomic mass is 10.0. The molecular weight excluding hydrogens is 402 g/mol. The van der Waals surface area contributed by atoms with Gasteiger partial charge in [-0.3, -0.25) is 10.1 Å². The van der Waals surface area contributed by atoms with E-state index in [1.165, 1.54) is 6.92 Å². The standard InChI is InChI=1S/C23H29NO7/c1-3-29-21(11-12-25)22(18-5-4-6-20(15-18)30-14-13-26)31-23(28)24-19-9-7-17(8-10-19)16(2)27/h4-10,15,21-22,25-26H,3,11-14H2,1-2H3,(H,24,28)/t21-,22-/m1/s1. The fraction of sp³-hybridized carbons (Fsp3) is 0.391. The zero-order valence-corrected chi connectivity index (χ0v) is 17.7. The molecular formula is C23H29NO7. The van der Waals surface area contributed by atoms with Crippen molar-refractivity contribution in [3.63, 3.8) is 0 Å². The second-order valence-corrected chi connectivity index (χ2v) is 6.74. The lowest BCUT2D eigenvalue weighted by Crippen LogP contribution is -2.29. The smallest absolute Gasteiger partial charge is 0.412 e. The molecule has 0 spiro atoms. The number of anilines is 1. The third kappa shape index (κ3) is 7.67. The van der Waals surface area contributed by atoms with Gasteiger partial charge < -0.3 is 24.4 Å². The molecule has 2 atom stereocenters. The van der Waals surface area contributed by atoms with Crippen LogP contribution < -0.4 is 10.1 Å². The summed E-state index contributed by atoms with van der Waals surface area (Å²) >= 11 is 0. The summed E-state index contributed by atoms with van der Waals surface area (Å²) in [6, 6.07) is 13.4. The first-order chi connectivity index (χ1) is 15.0. The van der Waals surface area contributed by atoms with E-state index in [-0.39, 0.29) is 32.0 Å². The van der Waals surface area contributed by atoms with Crippen LogP contribution in [-0.4, -0.2) is 54.6 Å². The van der Waals surface area contributed by atoms with Crippen LogP contribution in [-0.2, 0) is 9.47 Å². The van der Waals surface area contributed by atoms with Crippen molar-refractivity contribution in [2.45, 2.75) is 32.5 Å². The van der Waals surface area contributed by atoms with Crippen molar-refractivity contribution in [1.29, 1.82) is 0 Å². The number of nitrogens with one attached hydrogen (secondary N) is 1. The number of ketones is 1. The van der Waals surface area contributed by atoms with Gasteiger partial charge in [0.1, 0.15) is 18.5 Å². The first-order valence-electron chi connectivity index (χ1n) is 10.1. The third-order valence-electron chi connectivity index (χ3n) is 4.45. The average Bonchev–Trinajstić information content (AvgIpc) is 2.76. The molecule has 0 unspecified atom stereocenters. The predicted molar refractivity (Wildman–Crippen MR) is 115 cm³/mol. The Labute approximate surface area is 181 Å². The highest BCUT2D eigenvalue weighted by atomic mass is 16.6. The first-order valence-corrected chi connectivity index (χ1v) is 10.1. The fourth-order valence-electron chi connectivity index (χ4n) is 3.02. The molecule has 0 aliphatic carbocycles. The molecule has 31 heavy (non-hydrogen) atoms.